The van der Waals surface area contributed by atoms with Crippen LogP contribution in [0, 0.1) is 0 Å². The lowest BCUT2D eigenvalue weighted by Crippen LogP contribution is -2.25. The number of hydrogen-bond donors (Lipinski definition) is 2. The molecule has 3 nitrogen and oxygen atoms in total. The van der Waals surface area contributed by atoms with Gasteiger partial charge in [-0.05, 0) is 12.8 Å². The molecule has 0 heterocycles. The van der Waals surface area contributed by atoms with Crippen LogP contribution in [0.2, 0.25) is 0 Å². The molecule has 0 spiro atoms. The molecule has 0 aromatic rings. The molecule has 0 aliphatic heterocycles. The minimum Gasteiger partial charge on any atom is -0.370 e. The van der Waals surface area contributed by atoms with E-state index in [1.54, 1.807) is 0 Å². The Morgan fingerprint density at radius 2 is 1.77 bits per heavy atom. The van der Waals surface area contributed by atoms with Gasteiger partial charge in [0.15, 0.2) is 5.96 Å². The van der Waals surface area contributed by atoms with Gasteiger partial charge in [0.1, 0.15) is 0 Å². The second kappa shape index (κ2) is 7.90. The van der Waals surface area contributed by atoms with Crippen molar-refractivity contribution < 1.29 is 0 Å². The fourth-order valence-electron chi connectivity index (χ4n) is 1.45. The van der Waals surface area contributed by atoms with E-state index in [1.165, 1.54) is 19.3 Å². The van der Waals surface area contributed by atoms with Gasteiger partial charge in [0.05, 0.1) is 6.04 Å². The lowest BCUT2D eigenvalue weighted by Gasteiger charge is -2.10. The third-order valence-electron chi connectivity index (χ3n) is 2.09. The Kier molecular flexibility index (Phi) is 7.45. The Balaban J connectivity index is 3.73. The number of rotatable bonds is 7. The molecule has 78 valence electrons. The first-order chi connectivity index (χ1) is 6.20. The zero-order valence-electron chi connectivity index (χ0n) is 8.92. The molecule has 0 amide bonds. The average molecular weight is 185 g/mol. The summed E-state index contributed by atoms with van der Waals surface area (Å²) >= 11 is 0. The van der Waals surface area contributed by atoms with Gasteiger partial charge in [-0.25, -0.2) is 0 Å². The van der Waals surface area contributed by atoms with Crippen molar-refractivity contribution in [3.8, 4) is 0 Å². The molecule has 1 unspecified atom stereocenters. The van der Waals surface area contributed by atoms with Crippen molar-refractivity contribution >= 4 is 5.96 Å². The highest BCUT2D eigenvalue weighted by molar-refractivity contribution is 5.75. The van der Waals surface area contributed by atoms with Crippen molar-refractivity contribution in [1.82, 2.24) is 0 Å². The predicted molar refractivity (Wildman–Crippen MR) is 58.6 cm³/mol. The Morgan fingerprint density at radius 3 is 2.23 bits per heavy atom. The molecule has 0 bridgehead atoms. The highest BCUT2D eigenvalue weighted by Gasteiger charge is 2.04. The first-order valence-corrected chi connectivity index (χ1v) is 5.29. The van der Waals surface area contributed by atoms with Gasteiger partial charge in [0, 0.05) is 0 Å². The summed E-state index contributed by atoms with van der Waals surface area (Å²) in [5.74, 6) is 0.231. The van der Waals surface area contributed by atoms with Gasteiger partial charge in [-0.1, -0.05) is 39.5 Å². The number of unbranched alkanes of at least 4 members (excludes halogenated alkanes) is 2. The van der Waals surface area contributed by atoms with Crippen LogP contribution in [0.15, 0.2) is 4.99 Å². The van der Waals surface area contributed by atoms with Crippen LogP contribution in [-0.4, -0.2) is 12.0 Å². The fraction of sp³-hybridized carbons (Fsp3) is 0.900. The standard InChI is InChI=1S/C10H23N3/c1-3-5-6-8-9(7-4-2)13-10(11)12/h9H,3-8H2,1-2H3,(H4,11,12,13). The number of guanidine groups is 1. The first kappa shape index (κ1) is 12.3. The zero-order chi connectivity index (χ0) is 10.1. The van der Waals surface area contributed by atoms with E-state index >= 15 is 0 Å². The van der Waals surface area contributed by atoms with Crippen LogP contribution in [0.3, 0.4) is 0 Å². The van der Waals surface area contributed by atoms with Gasteiger partial charge < -0.3 is 11.5 Å². The summed E-state index contributed by atoms with van der Waals surface area (Å²) < 4.78 is 0. The highest BCUT2D eigenvalue weighted by atomic mass is 15.0. The molecule has 0 rings (SSSR count). The second-order valence-corrected chi connectivity index (χ2v) is 3.49. The van der Waals surface area contributed by atoms with E-state index in [-0.39, 0.29) is 5.96 Å². The molecule has 13 heavy (non-hydrogen) atoms. The van der Waals surface area contributed by atoms with E-state index in [2.05, 4.69) is 18.8 Å². The van der Waals surface area contributed by atoms with Crippen molar-refractivity contribution in [2.24, 2.45) is 16.5 Å². The summed E-state index contributed by atoms with van der Waals surface area (Å²) in [6.45, 7) is 4.37. The van der Waals surface area contributed by atoms with E-state index in [9.17, 15) is 0 Å². The smallest absolute Gasteiger partial charge is 0.186 e. The van der Waals surface area contributed by atoms with Crippen molar-refractivity contribution in [2.75, 3.05) is 0 Å². The van der Waals surface area contributed by atoms with E-state index in [0.717, 1.165) is 19.3 Å². The topological polar surface area (TPSA) is 64.4 Å². The van der Waals surface area contributed by atoms with Crippen molar-refractivity contribution in [2.45, 2.75) is 58.4 Å². The van der Waals surface area contributed by atoms with Crippen LogP contribution < -0.4 is 11.5 Å². The molecule has 0 aliphatic carbocycles. The molecule has 0 radical (unpaired) electrons. The van der Waals surface area contributed by atoms with Gasteiger partial charge in [-0.3, -0.25) is 4.99 Å². The minimum atomic E-state index is 0.231. The largest absolute Gasteiger partial charge is 0.370 e. The number of nitrogens with two attached hydrogens (primary N) is 2. The summed E-state index contributed by atoms with van der Waals surface area (Å²) in [4.78, 5) is 4.21. The maximum Gasteiger partial charge on any atom is 0.186 e. The SMILES string of the molecule is CCCCCC(CCC)N=C(N)N. The molecule has 0 saturated carbocycles. The van der Waals surface area contributed by atoms with Crippen LogP contribution in [0.4, 0.5) is 0 Å². The fourth-order valence-corrected chi connectivity index (χ4v) is 1.45. The number of aliphatic imine (C=N–C) groups is 1. The quantitative estimate of drug-likeness (QED) is 0.362. The van der Waals surface area contributed by atoms with Gasteiger partial charge in [-0.2, -0.15) is 0 Å². The van der Waals surface area contributed by atoms with Crippen LogP contribution in [0.1, 0.15) is 52.4 Å². The molecule has 3 heteroatoms. The van der Waals surface area contributed by atoms with Gasteiger partial charge >= 0.3 is 0 Å². The van der Waals surface area contributed by atoms with E-state index in [4.69, 9.17) is 11.5 Å². The molecule has 0 aromatic heterocycles. The molecule has 4 N–H and O–H groups in total. The van der Waals surface area contributed by atoms with E-state index < -0.39 is 0 Å². The Morgan fingerprint density at radius 1 is 1.08 bits per heavy atom. The summed E-state index contributed by atoms with van der Waals surface area (Å²) in [5, 5.41) is 0. The average Bonchev–Trinajstić information content (AvgIpc) is 2.04. The lowest BCUT2D eigenvalue weighted by molar-refractivity contribution is 0.525. The first-order valence-electron chi connectivity index (χ1n) is 5.29. The molecule has 0 saturated heterocycles. The monoisotopic (exact) mass is 185 g/mol. The molecule has 1 atom stereocenters. The minimum absolute atomic E-state index is 0.231. The maximum atomic E-state index is 5.36. The van der Waals surface area contributed by atoms with E-state index in [0.29, 0.717) is 6.04 Å². The Bertz CT molecular complexity index is 139. The van der Waals surface area contributed by atoms with E-state index in [1.807, 2.05) is 0 Å². The maximum absolute atomic E-state index is 5.36. The van der Waals surface area contributed by atoms with Crippen LogP contribution >= 0.6 is 0 Å². The Labute approximate surface area is 81.6 Å². The van der Waals surface area contributed by atoms with Crippen molar-refractivity contribution in [3.63, 3.8) is 0 Å². The molecule has 0 aliphatic rings. The molecular weight excluding hydrogens is 162 g/mol. The predicted octanol–water partition coefficient (Wildman–Crippen LogP) is 2.01. The Hall–Kier alpha value is -0.730. The zero-order valence-corrected chi connectivity index (χ0v) is 8.92. The van der Waals surface area contributed by atoms with Crippen LogP contribution in [-0.2, 0) is 0 Å². The molecular formula is C10H23N3. The summed E-state index contributed by atoms with van der Waals surface area (Å²) in [5.41, 5.74) is 10.7. The highest BCUT2D eigenvalue weighted by Crippen LogP contribution is 2.11. The number of nitrogens with zero attached hydrogens (tertiary/aromatic N) is 1. The molecule has 0 fully saturated rings. The second-order valence-electron chi connectivity index (χ2n) is 3.49. The summed E-state index contributed by atoms with van der Waals surface area (Å²) in [6.07, 6.45) is 7.13. The van der Waals surface area contributed by atoms with Gasteiger partial charge in [-0.15, -0.1) is 0 Å². The summed E-state index contributed by atoms with van der Waals surface area (Å²) in [7, 11) is 0. The van der Waals surface area contributed by atoms with Crippen LogP contribution in [0.25, 0.3) is 0 Å². The van der Waals surface area contributed by atoms with Gasteiger partial charge in [0.25, 0.3) is 0 Å². The molecule has 0 aromatic carbocycles. The number of hydrogen-bond acceptors (Lipinski definition) is 1. The van der Waals surface area contributed by atoms with Gasteiger partial charge in [0.2, 0.25) is 0 Å². The normalized spacial score (nSPS) is 12.5. The lowest BCUT2D eigenvalue weighted by atomic mass is 10.1. The van der Waals surface area contributed by atoms with Crippen molar-refractivity contribution in [3.05, 3.63) is 0 Å². The third-order valence-corrected chi connectivity index (χ3v) is 2.09. The summed E-state index contributed by atoms with van der Waals surface area (Å²) in [6, 6.07) is 0.349. The van der Waals surface area contributed by atoms with Crippen molar-refractivity contribution in [1.29, 1.82) is 0 Å². The third kappa shape index (κ3) is 7.62. The van der Waals surface area contributed by atoms with Crippen LogP contribution in [0.5, 0.6) is 0 Å².